The molecule has 1 amide bonds. The van der Waals surface area contributed by atoms with Crippen molar-refractivity contribution in [1.82, 2.24) is 5.32 Å². The van der Waals surface area contributed by atoms with E-state index in [9.17, 15) is 19.4 Å². The van der Waals surface area contributed by atoms with Gasteiger partial charge in [0.15, 0.2) is 0 Å². The average molecular weight is 752 g/mol. The molecule has 0 aromatic rings. The summed E-state index contributed by atoms with van der Waals surface area (Å²) in [6, 6.07) is -0.815. The number of aliphatic hydroxyl groups excluding tert-OH is 1. The first-order valence-corrected chi connectivity index (χ1v) is 22.1. The first-order chi connectivity index (χ1) is 25.0. The lowest BCUT2D eigenvalue weighted by atomic mass is 10.0. The molecule has 0 spiro atoms. The van der Waals surface area contributed by atoms with Gasteiger partial charge in [-0.05, 0) is 38.5 Å². The number of hydrogen-bond acceptors (Lipinski definition) is 5. The molecule has 52 heavy (non-hydrogen) atoms. The van der Waals surface area contributed by atoms with Crippen molar-refractivity contribution in [3.05, 3.63) is 60.8 Å². The zero-order chi connectivity index (χ0) is 38.6. The second kappa shape index (κ2) is 34.9. The summed E-state index contributed by atoms with van der Waals surface area (Å²) >= 11 is 0. The molecule has 8 nitrogen and oxygen atoms in total. The number of phosphoric ester groups is 1. The molecule has 0 aromatic heterocycles. The lowest BCUT2D eigenvalue weighted by Gasteiger charge is -2.26. The quantitative estimate of drug-likeness (QED) is 0.0255. The Balaban J connectivity index is 4.58. The van der Waals surface area contributed by atoms with Crippen LogP contribution in [0.3, 0.4) is 0 Å². The van der Waals surface area contributed by atoms with Crippen molar-refractivity contribution in [2.45, 2.75) is 167 Å². The van der Waals surface area contributed by atoms with Gasteiger partial charge in [-0.25, -0.2) is 4.57 Å². The van der Waals surface area contributed by atoms with Crippen molar-refractivity contribution >= 4 is 13.7 Å². The number of nitrogens with one attached hydrogen (secondary N) is 1. The molecule has 0 heterocycles. The Morgan fingerprint density at radius 1 is 0.654 bits per heavy atom. The zero-order valence-corrected chi connectivity index (χ0v) is 34.9. The first-order valence-electron chi connectivity index (χ1n) is 20.7. The number of likely N-dealkylation sites (N-methyl/N-ethyl adjacent to an activating group) is 1. The second-order valence-corrected chi connectivity index (χ2v) is 16.5. The van der Waals surface area contributed by atoms with Crippen LogP contribution in [0.25, 0.3) is 0 Å². The summed E-state index contributed by atoms with van der Waals surface area (Å²) in [5.74, 6) is -0.274. The Morgan fingerprint density at radius 2 is 1.08 bits per heavy atom. The first kappa shape index (κ1) is 50.2. The highest BCUT2D eigenvalue weighted by atomic mass is 31.2. The minimum absolute atomic E-state index is 0.0556. The minimum atomic E-state index is -4.34. The molecule has 0 saturated heterocycles. The maximum Gasteiger partial charge on any atom is 0.472 e. The van der Waals surface area contributed by atoms with E-state index in [1.807, 2.05) is 27.2 Å². The normalized spacial score (nSPS) is 15.1. The van der Waals surface area contributed by atoms with Crippen molar-refractivity contribution < 1.29 is 32.9 Å². The van der Waals surface area contributed by atoms with E-state index < -0.39 is 20.0 Å². The number of nitrogens with zero attached hydrogens (tertiary/aromatic N) is 1. The van der Waals surface area contributed by atoms with Crippen molar-refractivity contribution in [3.8, 4) is 0 Å². The highest BCUT2D eigenvalue weighted by Crippen LogP contribution is 2.43. The smallest absolute Gasteiger partial charge is 0.391 e. The van der Waals surface area contributed by atoms with Crippen LogP contribution in [0.15, 0.2) is 60.8 Å². The molecule has 0 aromatic carbocycles. The average Bonchev–Trinajstić information content (AvgIpc) is 3.09. The summed E-state index contributed by atoms with van der Waals surface area (Å²) in [5, 5.41) is 13.8. The zero-order valence-electron chi connectivity index (χ0n) is 34.0. The van der Waals surface area contributed by atoms with E-state index in [0.29, 0.717) is 17.4 Å². The Morgan fingerprint density at radius 3 is 1.52 bits per heavy atom. The number of unbranched alkanes of at least 4 members (excludes halogenated alkanes) is 14. The molecule has 0 bridgehead atoms. The predicted molar refractivity (Wildman–Crippen MR) is 221 cm³/mol. The molecular formula is C43H80N2O6P+. The van der Waals surface area contributed by atoms with Crippen LogP contribution in [0, 0.1) is 0 Å². The highest BCUT2D eigenvalue weighted by Gasteiger charge is 2.28. The van der Waals surface area contributed by atoms with Gasteiger partial charge in [-0.2, -0.15) is 0 Å². The van der Waals surface area contributed by atoms with Crippen LogP contribution in [0.4, 0.5) is 0 Å². The molecule has 3 N–H and O–H groups in total. The molecule has 0 aliphatic heterocycles. The molecule has 3 atom stereocenters. The predicted octanol–water partition coefficient (Wildman–Crippen LogP) is 11.1. The third-order valence-corrected chi connectivity index (χ3v) is 9.79. The Bertz CT molecular complexity index is 1030. The fourth-order valence-corrected chi connectivity index (χ4v) is 6.26. The molecule has 0 aliphatic carbocycles. The monoisotopic (exact) mass is 752 g/mol. The topological polar surface area (TPSA) is 105 Å². The van der Waals surface area contributed by atoms with E-state index in [1.54, 1.807) is 6.08 Å². The standard InChI is InChI=1S/C43H79N2O6P/c1-6-8-10-12-14-16-18-20-22-24-26-28-30-32-34-36-42(46)41(40-51-52(48,49)50-39-38-45(3,4)5)44-43(47)37-35-33-31-29-27-25-23-21-19-17-15-13-11-9-7-2/h9,11,15,17,21,23,27,29,33,35,41-42,46H,6-8,10,12-14,16,18-20,22,24-26,28,30-32,34,36-40H2,1-5H3,(H-,44,47,48,49)/p+1/b11-9-,17-15-,23-21-,29-27-,35-33-. The molecule has 3 unspecified atom stereocenters. The van der Waals surface area contributed by atoms with Crippen molar-refractivity contribution in [2.75, 3.05) is 40.9 Å². The van der Waals surface area contributed by atoms with Gasteiger partial charge < -0.3 is 19.8 Å². The summed E-state index contributed by atoms with van der Waals surface area (Å²) < 4.78 is 23.5. The van der Waals surface area contributed by atoms with Crippen LogP contribution < -0.4 is 5.32 Å². The number of carbonyl (C=O) groups excluding carboxylic acids is 1. The SMILES string of the molecule is CC/C=C\C/C=C\C/C=C\C/C=C\C/C=C\CC(=O)NC(COP(=O)(O)OCC[N+](C)(C)C)C(O)CCCCCCCCCCCCCCCCC. The molecule has 0 saturated carbocycles. The van der Waals surface area contributed by atoms with Gasteiger partial charge in [-0.1, -0.05) is 171 Å². The van der Waals surface area contributed by atoms with Crippen molar-refractivity contribution in [2.24, 2.45) is 0 Å². The number of amides is 1. The van der Waals surface area contributed by atoms with E-state index in [1.165, 1.54) is 77.0 Å². The van der Waals surface area contributed by atoms with Crippen LogP contribution in [0.1, 0.15) is 155 Å². The van der Waals surface area contributed by atoms with Crippen LogP contribution in [-0.4, -0.2) is 73.4 Å². The van der Waals surface area contributed by atoms with E-state index >= 15 is 0 Å². The number of rotatable bonds is 36. The number of carbonyl (C=O) groups is 1. The number of aliphatic hydroxyl groups is 1. The molecule has 9 heteroatoms. The lowest BCUT2D eigenvalue weighted by Crippen LogP contribution is -2.46. The Labute approximate surface area is 320 Å². The number of phosphoric acid groups is 1. The highest BCUT2D eigenvalue weighted by molar-refractivity contribution is 7.47. The second-order valence-electron chi connectivity index (χ2n) is 15.0. The van der Waals surface area contributed by atoms with Gasteiger partial charge >= 0.3 is 7.82 Å². The maximum atomic E-state index is 12.8. The fourth-order valence-electron chi connectivity index (χ4n) is 5.52. The van der Waals surface area contributed by atoms with Gasteiger partial charge in [0, 0.05) is 6.42 Å². The molecule has 0 fully saturated rings. The Hall–Kier alpha value is -1.80. The van der Waals surface area contributed by atoms with Crippen molar-refractivity contribution in [3.63, 3.8) is 0 Å². The molecular weight excluding hydrogens is 671 g/mol. The van der Waals surface area contributed by atoms with Gasteiger partial charge in [-0.3, -0.25) is 13.8 Å². The molecule has 302 valence electrons. The Kier molecular flexibility index (Phi) is 33.7. The number of hydrogen-bond donors (Lipinski definition) is 3. The van der Waals surface area contributed by atoms with Gasteiger partial charge in [0.2, 0.25) is 5.91 Å². The van der Waals surface area contributed by atoms with Gasteiger partial charge in [-0.15, -0.1) is 0 Å². The molecule has 0 aliphatic rings. The largest absolute Gasteiger partial charge is 0.472 e. The van der Waals surface area contributed by atoms with Gasteiger partial charge in [0.1, 0.15) is 13.2 Å². The number of quaternary nitrogens is 1. The van der Waals surface area contributed by atoms with Crippen LogP contribution in [0.5, 0.6) is 0 Å². The lowest BCUT2D eigenvalue weighted by molar-refractivity contribution is -0.870. The van der Waals surface area contributed by atoms with Gasteiger partial charge in [0.05, 0.1) is 39.9 Å². The van der Waals surface area contributed by atoms with E-state index in [-0.39, 0.29) is 25.5 Å². The maximum absolute atomic E-state index is 12.8. The molecule has 0 rings (SSSR count). The number of allylic oxidation sites excluding steroid dienone is 9. The summed E-state index contributed by atoms with van der Waals surface area (Å²) in [4.78, 5) is 23.0. The van der Waals surface area contributed by atoms with E-state index in [4.69, 9.17) is 9.05 Å². The summed E-state index contributed by atoms with van der Waals surface area (Å²) in [5.41, 5.74) is 0. The van der Waals surface area contributed by atoms with Crippen LogP contribution >= 0.6 is 7.82 Å². The van der Waals surface area contributed by atoms with Crippen molar-refractivity contribution in [1.29, 1.82) is 0 Å². The fraction of sp³-hybridized carbons (Fsp3) is 0.744. The van der Waals surface area contributed by atoms with Gasteiger partial charge in [0.25, 0.3) is 0 Å². The van der Waals surface area contributed by atoms with Crippen LogP contribution in [0.2, 0.25) is 0 Å². The van der Waals surface area contributed by atoms with E-state index in [2.05, 4.69) is 67.8 Å². The third-order valence-electron chi connectivity index (χ3n) is 8.81. The minimum Gasteiger partial charge on any atom is -0.391 e. The summed E-state index contributed by atoms with van der Waals surface area (Å²) in [6.07, 6.45) is 44.2. The third kappa shape index (κ3) is 36.6. The van der Waals surface area contributed by atoms with E-state index in [0.717, 1.165) is 51.4 Å². The molecule has 0 radical (unpaired) electrons. The van der Waals surface area contributed by atoms with Crippen LogP contribution in [-0.2, 0) is 18.4 Å². The summed E-state index contributed by atoms with van der Waals surface area (Å²) in [6.45, 7) is 4.68. The summed E-state index contributed by atoms with van der Waals surface area (Å²) in [7, 11) is 1.55.